The second-order valence-corrected chi connectivity index (χ2v) is 6.98. The summed E-state index contributed by atoms with van der Waals surface area (Å²) in [7, 11) is 0. The lowest BCUT2D eigenvalue weighted by molar-refractivity contribution is 0.0318. The van der Waals surface area contributed by atoms with Crippen LogP contribution in [0.4, 0.5) is 0 Å². The van der Waals surface area contributed by atoms with Crippen LogP contribution >= 0.6 is 0 Å². The Morgan fingerprint density at radius 1 is 1.00 bits per heavy atom. The molecule has 1 aliphatic rings. The minimum atomic E-state index is -0.993. The van der Waals surface area contributed by atoms with Crippen LogP contribution in [-0.2, 0) is 4.74 Å². The summed E-state index contributed by atoms with van der Waals surface area (Å²) in [6.45, 7) is 8.98. The molecule has 6 nitrogen and oxygen atoms in total. The number of ketones is 1. The molecule has 0 aliphatic carbocycles. The molecule has 0 unspecified atom stereocenters. The third kappa shape index (κ3) is 3.74. The Balaban J connectivity index is 1.77. The number of rotatable bonds is 6. The molecule has 6 heteroatoms. The highest BCUT2D eigenvalue weighted by atomic mass is 16.5. The molecule has 0 bridgehead atoms. The van der Waals surface area contributed by atoms with Crippen molar-refractivity contribution in [2.45, 2.75) is 26.9 Å². The van der Waals surface area contributed by atoms with Gasteiger partial charge in [0.15, 0.2) is 6.10 Å². The Kier molecular flexibility index (Phi) is 5.46. The van der Waals surface area contributed by atoms with Gasteiger partial charge in [0.1, 0.15) is 0 Å². The number of imide groups is 1. The molecule has 2 amide bonds. The molecule has 2 aromatic rings. The Bertz CT molecular complexity index is 1050. The van der Waals surface area contributed by atoms with E-state index in [2.05, 4.69) is 6.58 Å². The van der Waals surface area contributed by atoms with Gasteiger partial charge in [0.05, 0.1) is 16.7 Å². The van der Waals surface area contributed by atoms with Gasteiger partial charge in [-0.15, -0.1) is 6.58 Å². The third-order valence-electron chi connectivity index (χ3n) is 4.96. The largest absolute Gasteiger partial charge is 0.451 e. The van der Waals surface area contributed by atoms with Gasteiger partial charge in [0, 0.05) is 12.1 Å². The molecule has 2 aromatic carbocycles. The Morgan fingerprint density at radius 3 is 2.31 bits per heavy atom. The van der Waals surface area contributed by atoms with Crippen molar-refractivity contribution in [2.75, 3.05) is 6.54 Å². The lowest BCUT2D eigenvalue weighted by Crippen LogP contribution is -2.29. The van der Waals surface area contributed by atoms with Crippen LogP contribution in [-0.4, -0.2) is 41.1 Å². The summed E-state index contributed by atoms with van der Waals surface area (Å²) in [5, 5.41) is 0. The van der Waals surface area contributed by atoms with E-state index in [1.54, 1.807) is 12.1 Å². The van der Waals surface area contributed by atoms with Crippen LogP contribution in [0.1, 0.15) is 59.5 Å². The lowest BCUT2D eigenvalue weighted by atomic mass is 10.0. The summed E-state index contributed by atoms with van der Waals surface area (Å²) < 4.78 is 5.30. The average molecular weight is 391 g/mol. The van der Waals surface area contributed by atoms with Crippen molar-refractivity contribution in [3.63, 3.8) is 0 Å². The summed E-state index contributed by atoms with van der Waals surface area (Å²) in [6.07, 6.45) is 0.462. The summed E-state index contributed by atoms with van der Waals surface area (Å²) in [6, 6.07) is 9.46. The summed E-state index contributed by atoms with van der Waals surface area (Å²) in [5.74, 6) is -1.96. The maximum Gasteiger partial charge on any atom is 0.338 e. The van der Waals surface area contributed by atoms with Crippen molar-refractivity contribution < 1.29 is 23.9 Å². The summed E-state index contributed by atoms with van der Waals surface area (Å²) in [4.78, 5) is 50.8. The number of carbonyl (C=O) groups excluding carboxylic acids is 4. The molecule has 0 N–H and O–H groups in total. The van der Waals surface area contributed by atoms with E-state index >= 15 is 0 Å². The standard InChI is InChI=1S/C23H21NO5/c1-5-10-24-21(26)18-9-8-17(12-19(18)22(24)27)23(28)29-15(4)20(25)16-7-6-13(2)14(3)11-16/h5-9,11-12,15H,1,10H2,2-4H3/t15-/m1/s1. The van der Waals surface area contributed by atoms with Crippen molar-refractivity contribution in [3.8, 4) is 0 Å². The molecule has 3 rings (SSSR count). The van der Waals surface area contributed by atoms with Crippen molar-refractivity contribution in [3.05, 3.63) is 82.4 Å². The molecule has 1 heterocycles. The van der Waals surface area contributed by atoms with Gasteiger partial charge in [-0.3, -0.25) is 19.3 Å². The van der Waals surface area contributed by atoms with Crippen LogP contribution in [0.3, 0.4) is 0 Å². The van der Waals surface area contributed by atoms with Gasteiger partial charge >= 0.3 is 5.97 Å². The van der Waals surface area contributed by atoms with Crippen molar-refractivity contribution in [1.82, 2.24) is 4.90 Å². The van der Waals surface area contributed by atoms with Gasteiger partial charge in [0.25, 0.3) is 11.8 Å². The first-order valence-electron chi connectivity index (χ1n) is 9.18. The molecule has 29 heavy (non-hydrogen) atoms. The second kappa shape index (κ2) is 7.83. The quantitative estimate of drug-likeness (QED) is 0.326. The number of ether oxygens (including phenoxy) is 1. The number of fused-ring (bicyclic) bond motifs is 1. The van der Waals surface area contributed by atoms with Crippen molar-refractivity contribution in [1.29, 1.82) is 0 Å². The first-order valence-corrected chi connectivity index (χ1v) is 9.18. The fraction of sp³-hybridized carbons (Fsp3) is 0.217. The molecule has 148 valence electrons. The van der Waals surface area contributed by atoms with Crippen LogP contribution in [0.15, 0.2) is 49.1 Å². The predicted molar refractivity (Wildman–Crippen MR) is 107 cm³/mol. The molecule has 0 saturated heterocycles. The number of hydrogen-bond donors (Lipinski definition) is 0. The number of amides is 2. The summed E-state index contributed by atoms with van der Waals surface area (Å²) in [5.41, 5.74) is 2.97. The lowest BCUT2D eigenvalue weighted by Gasteiger charge is -2.13. The van der Waals surface area contributed by atoms with E-state index in [0.29, 0.717) is 5.56 Å². The normalized spacial score (nSPS) is 13.8. The number of hydrogen-bond acceptors (Lipinski definition) is 5. The van der Waals surface area contributed by atoms with Gasteiger partial charge in [-0.2, -0.15) is 0 Å². The van der Waals surface area contributed by atoms with E-state index in [-0.39, 0.29) is 29.0 Å². The SMILES string of the molecule is C=CCN1C(=O)c2ccc(C(=O)O[C@H](C)C(=O)c3ccc(C)c(C)c3)cc2C1=O. The Hall–Kier alpha value is -3.54. The van der Waals surface area contributed by atoms with Gasteiger partial charge in [-0.25, -0.2) is 4.79 Å². The van der Waals surface area contributed by atoms with Crippen LogP contribution in [0.2, 0.25) is 0 Å². The fourth-order valence-corrected chi connectivity index (χ4v) is 3.12. The molecule has 1 atom stereocenters. The molecule has 0 saturated carbocycles. The highest BCUT2D eigenvalue weighted by molar-refractivity contribution is 6.22. The average Bonchev–Trinajstić information content (AvgIpc) is 2.94. The summed E-state index contributed by atoms with van der Waals surface area (Å²) >= 11 is 0. The monoisotopic (exact) mass is 391 g/mol. The number of nitrogens with zero attached hydrogens (tertiary/aromatic N) is 1. The highest BCUT2D eigenvalue weighted by Gasteiger charge is 2.35. The van der Waals surface area contributed by atoms with E-state index in [1.807, 2.05) is 19.9 Å². The van der Waals surface area contributed by atoms with E-state index < -0.39 is 23.9 Å². The van der Waals surface area contributed by atoms with Gasteiger partial charge in [-0.1, -0.05) is 18.2 Å². The highest BCUT2D eigenvalue weighted by Crippen LogP contribution is 2.24. The molecular formula is C23H21NO5. The Morgan fingerprint density at radius 2 is 1.66 bits per heavy atom. The molecule has 0 spiro atoms. The number of benzene rings is 2. The Labute approximate surface area is 168 Å². The predicted octanol–water partition coefficient (Wildman–Crippen LogP) is 3.51. The van der Waals surface area contributed by atoms with Gasteiger partial charge in [0.2, 0.25) is 5.78 Å². The van der Waals surface area contributed by atoms with Crippen LogP contribution < -0.4 is 0 Å². The minimum absolute atomic E-state index is 0.0909. The first-order chi connectivity index (χ1) is 13.7. The molecular weight excluding hydrogens is 370 g/mol. The van der Waals surface area contributed by atoms with Crippen molar-refractivity contribution >= 4 is 23.6 Å². The van der Waals surface area contributed by atoms with Crippen LogP contribution in [0.5, 0.6) is 0 Å². The smallest absolute Gasteiger partial charge is 0.338 e. The molecule has 0 radical (unpaired) electrons. The number of aryl methyl sites for hydroxylation is 2. The van der Waals surface area contributed by atoms with Gasteiger partial charge < -0.3 is 4.74 Å². The maximum atomic E-state index is 12.6. The van der Waals surface area contributed by atoms with Crippen molar-refractivity contribution in [2.24, 2.45) is 0 Å². The van der Waals surface area contributed by atoms with E-state index in [9.17, 15) is 19.2 Å². The zero-order valence-electron chi connectivity index (χ0n) is 16.5. The van der Waals surface area contributed by atoms with E-state index in [0.717, 1.165) is 16.0 Å². The molecule has 0 aromatic heterocycles. The number of esters is 1. The maximum absolute atomic E-state index is 12.6. The second-order valence-electron chi connectivity index (χ2n) is 6.98. The minimum Gasteiger partial charge on any atom is -0.451 e. The fourth-order valence-electron chi connectivity index (χ4n) is 3.12. The zero-order chi connectivity index (χ0) is 21.3. The molecule has 0 fully saturated rings. The van der Waals surface area contributed by atoms with Gasteiger partial charge in [-0.05, 0) is 56.2 Å². The number of carbonyl (C=O) groups is 4. The molecule has 1 aliphatic heterocycles. The van der Waals surface area contributed by atoms with Crippen LogP contribution in [0.25, 0.3) is 0 Å². The van der Waals surface area contributed by atoms with E-state index in [4.69, 9.17) is 4.74 Å². The van der Waals surface area contributed by atoms with E-state index in [1.165, 1.54) is 31.2 Å². The zero-order valence-corrected chi connectivity index (χ0v) is 16.5. The third-order valence-corrected chi connectivity index (χ3v) is 4.96. The first kappa shape index (κ1) is 20.2. The topological polar surface area (TPSA) is 80.8 Å². The van der Waals surface area contributed by atoms with Crippen LogP contribution in [0, 0.1) is 13.8 Å². The number of Topliss-reactive ketones (excluding diaryl/α,β-unsaturated/α-hetero) is 1.